The molecule has 0 saturated carbocycles. The number of nitrogens with zero attached hydrogens (tertiary/aromatic N) is 1. The summed E-state index contributed by atoms with van der Waals surface area (Å²) >= 11 is 0. The van der Waals surface area contributed by atoms with E-state index in [4.69, 9.17) is 4.42 Å². The summed E-state index contributed by atoms with van der Waals surface area (Å²) in [6.07, 6.45) is 3.56. The van der Waals surface area contributed by atoms with Gasteiger partial charge >= 0.3 is 0 Å². The van der Waals surface area contributed by atoms with Gasteiger partial charge in [-0.2, -0.15) is 0 Å². The number of likely N-dealkylation sites (tertiary alicyclic amines) is 1. The third-order valence-corrected chi connectivity index (χ3v) is 3.89. The van der Waals surface area contributed by atoms with E-state index in [-0.39, 0.29) is 17.9 Å². The van der Waals surface area contributed by atoms with Crippen LogP contribution in [0.25, 0.3) is 0 Å². The van der Waals surface area contributed by atoms with E-state index in [0.717, 1.165) is 31.4 Å². The molecule has 1 fully saturated rings. The Bertz CT molecular complexity index is 522. The molecule has 0 aromatic carbocycles. The second-order valence-electron chi connectivity index (χ2n) is 5.63. The summed E-state index contributed by atoms with van der Waals surface area (Å²) < 4.78 is 5.44. The molecule has 2 heterocycles. The first-order chi connectivity index (χ1) is 10.0. The number of rotatable bonds is 4. The zero-order valence-corrected chi connectivity index (χ0v) is 13.1. The third-order valence-electron chi connectivity index (χ3n) is 3.89. The fraction of sp³-hybridized carbons (Fsp3) is 0.625. The SMILES string of the molecule is CCCNC(=O)[C@@H]1CCCCN1C(=O)c1cc(C)oc1C. The van der Waals surface area contributed by atoms with Crippen LogP contribution in [0.15, 0.2) is 10.5 Å². The lowest BCUT2D eigenvalue weighted by Gasteiger charge is -2.34. The summed E-state index contributed by atoms with van der Waals surface area (Å²) in [4.78, 5) is 26.7. The molecule has 1 aliphatic heterocycles. The minimum Gasteiger partial charge on any atom is -0.466 e. The normalized spacial score (nSPS) is 18.6. The van der Waals surface area contributed by atoms with Crippen LogP contribution in [0.1, 0.15) is 54.5 Å². The monoisotopic (exact) mass is 292 g/mol. The van der Waals surface area contributed by atoms with E-state index in [2.05, 4.69) is 5.32 Å². The second-order valence-corrected chi connectivity index (χ2v) is 5.63. The lowest BCUT2D eigenvalue weighted by atomic mass is 10.00. The van der Waals surface area contributed by atoms with Crippen molar-refractivity contribution in [2.24, 2.45) is 0 Å². The zero-order valence-electron chi connectivity index (χ0n) is 13.1. The quantitative estimate of drug-likeness (QED) is 0.927. The first-order valence-corrected chi connectivity index (χ1v) is 7.70. The van der Waals surface area contributed by atoms with Gasteiger partial charge in [-0.05, 0) is 45.6 Å². The fourth-order valence-corrected chi connectivity index (χ4v) is 2.81. The summed E-state index contributed by atoms with van der Waals surface area (Å²) in [5, 5.41) is 2.90. The summed E-state index contributed by atoms with van der Waals surface area (Å²) in [5.41, 5.74) is 0.572. The molecule has 116 valence electrons. The Hall–Kier alpha value is -1.78. The number of aryl methyl sites for hydroxylation is 2. The number of furan rings is 1. The first-order valence-electron chi connectivity index (χ1n) is 7.70. The van der Waals surface area contributed by atoms with Crippen LogP contribution in [-0.4, -0.2) is 35.8 Å². The highest BCUT2D eigenvalue weighted by Crippen LogP contribution is 2.23. The van der Waals surface area contributed by atoms with Gasteiger partial charge in [0.25, 0.3) is 5.91 Å². The van der Waals surface area contributed by atoms with Crippen LogP contribution in [-0.2, 0) is 4.79 Å². The van der Waals surface area contributed by atoms with Crippen molar-refractivity contribution >= 4 is 11.8 Å². The molecule has 1 aromatic rings. The predicted molar refractivity (Wildman–Crippen MR) is 80.2 cm³/mol. The van der Waals surface area contributed by atoms with Crippen LogP contribution in [0.5, 0.6) is 0 Å². The van der Waals surface area contributed by atoms with E-state index < -0.39 is 0 Å². The molecule has 21 heavy (non-hydrogen) atoms. The van der Waals surface area contributed by atoms with E-state index in [1.165, 1.54) is 0 Å². The van der Waals surface area contributed by atoms with E-state index in [9.17, 15) is 9.59 Å². The first kappa shape index (κ1) is 15.6. The molecule has 1 aliphatic rings. The fourth-order valence-electron chi connectivity index (χ4n) is 2.81. The van der Waals surface area contributed by atoms with Crippen molar-refractivity contribution in [3.8, 4) is 0 Å². The van der Waals surface area contributed by atoms with Crippen molar-refractivity contribution in [3.63, 3.8) is 0 Å². The Labute approximate surface area is 125 Å². The zero-order chi connectivity index (χ0) is 15.4. The predicted octanol–water partition coefficient (Wildman–Crippen LogP) is 2.42. The molecule has 2 amide bonds. The average molecular weight is 292 g/mol. The minimum absolute atomic E-state index is 0.0391. The molecular weight excluding hydrogens is 268 g/mol. The van der Waals surface area contributed by atoms with Crippen LogP contribution < -0.4 is 5.32 Å². The summed E-state index contributed by atoms with van der Waals surface area (Å²) in [6, 6.07) is 1.40. The number of carbonyl (C=O) groups excluding carboxylic acids is 2. The Kier molecular flexibility index (Phi) is 5.04. The summed E-state index contributed by atoms with van der Waals surface area (Å²) in [5.74, 6) is 1.21. The summed E-state index contributed by atoms with van der Waals surface area (Å²) in [7, 11) is 0. The van der Waals surface area contributed by atoms with Gasteiger partial charge in [0.05, 0.1) is 5.56 Å². The number of amides is 2. The van der Waals surface area contributed by atoms with Gasteiger partial charge in [0.2, 0.25) is 5.91 Å². The molecule has 5 heteroatoms. The Morgan fingerprint density at radius 3 is 2.76 bits per heavy atom. The second kappa shape index (κ2) is 6.78. The van der Waals surface area contributed by atoms with Gasteiger partial charge in [-0.15, -0.1) is 0 Å². The standard InChI is InChI=1S/C16H24N2O3/c1-4-8-17-15(19)14-7-5-6-9-18(14)16(20)13-10-11(2)21-12(13)3/h10,14H,4-9H2,1-3H3,(H,17,19)/t14-/m0/s1. The Morgan fingerprint density at radius 2 is 2.14 bits per heavy atom. The van der Waals surface area contributed by atoms with Gasteiger partial charge in [-0.1, -0.05) is 6.92 Å². The van der Waals surface area contributed by atoms with Gasteiger partial charge in [-0.3, -0.25) is 9.59 Å². The number of hydrogen-bond acceptors (Lipinski definition) is 3. The maximum absolute atomic E-state index is 12.7. The number of hydrogen-bond donors (Lipinski definition) is 1. The Morgan fingerprint density at radius 1 is 1.38 bits per heavy atom. The molecule has 0 bridgehead atoms. The minimum atomic E-state index is -0.354. The Balaban J connectivity index is 2.16. The molecule has 2 rings (SSSR count). The van der Waals surface area contributed by atoms with Crippen molar-refractivity contribution in [1.82, 2.24) is 10.2 Å². The highest BCUT2D eigenvalue weighted by molar-refractivity contribution is 5.98. The molecule has 1 aromatic heterocycles. The average Bonchev–Trinajstić information content (AvgIpc) is 2.82. The number of carbonyl (C=O) groups is 2. The largest absolute Gasteiger partial charge is 0.466 e. The van der Waals surface area contributed by atoms with E-state index >= 15 is 0 Å². The smallest absolute Gasteiger partial charge is 0.258 e. The van der Waals surface area contributed by atoms with Crippen LogP contribution in [0.3, 0.4) is 0 Å². The molecular formula is C16H24N2O3. The van der Waals surface area contributed by atoms with E-state index in [0.29, 0.717) is 24.4 Å². The van der Waals surface area contributed by atoms with Crippen molar-refractivity contribution in [2.45, 2.75) is 52.5 Å². The topological polar surface area (TPSA) is 62.6 Å². The van der Waals surface area contributed by atoms with Crippen molar-refractivity contribution < 1.29 is 14.0 Å². The maximum Gasteiger partial charge on any atom is 0.258 e. The van der Waals surface area contributed by atoms with E-state index in [1.807, 2.05) is 13.8 Å². The molecule has 0 unspecified atom stereocenters. The van der Waals surface area contributed by atoms with Gasteiger partial charge in [0, 0.05) is 13.1 Å². The van der Waals surface area contributed by atoms with Gasteiger partial charge in [-0.25, -0.2) is 0 Å². The molecule has 5 nitrogen and oxygen atoms in total. The van der Waals surface area contributed by atoms with Gasteiger partial charge < -0.3 is 14.6 Å². The molecule has 0 aliphatic carbocycles. The summed E-state index contributed by atoms with van der Waals surface area (Å²) in [6.45, 7) is 6.91. The highest BCUT2D eigenvalue weighted by atomic mass is 16.3. The van der Waals surface area contributed by atoms with Gasteiger partial charge in [0.1, 0.15) is 17.6 Å². The van der Waals surface area contributed by atoms with Crippen molar-refractivity contribution in [2.75, 3.05) is 13.1 Å². The van der Waals surface area contributed by atoms with Crippen molar-refractivity contribution in [1.29, 1.82) is 0 Å². The number of piperidine rings is 1. The number of nitrogens with one attached hydrogen (secondary N) is 1. The maximum atomic E-state index is 12.7. The molecule has 1 saturated heterocycles. The molecule has 1 N–H and O–H groups in total. The van der Waals surface area contributed by atoms with Gasteiger partial charge in [0.15, 0.2) is 0 Å². The highest BCUT2D eigenvalue weighted by Gasteiger charge is 2.33. The molecule has 0 radical (unpaired) electrons. The lowest BCUT2D eigenvalue weighted by molar-refractivity contribution is -0.126. The third kappa shape index (κ3) is 3.46. The van der Waals surface area contributed by atoms with Crippen LogP contribution >= 0.6 is 0 Å². The lowest BCUT2D eigenvalue weighted by Crippen LogP contribution is -2.52. The van der Waals surface area contributed by atoms with Crippen LogP contribution in [0.4, 0.5) is 0 Å². The molecule has 1 atom stereocenters. The van der Waals surface area contributed by atoms with Crippen LogP contribution in [0, 0.1) is 13.8 Å². The van der Waals surface area contributed by atoms with Crippen LogP contribution in [0.2, 0.25) is 0 Å². The van der Waals surface area contributed by atoms with E-state index in [1.54, 1.807) is 17.9 Å². The molecule has 0 spiro atoms. The van der Waals surface area contributed by atoms with Crippen molar-refractivity contribution in [3.05, 3.63) is 23.2 Å².